The van der Waals surface area contributed by atoms with Crippen molar-refractivity contribution in [2.45, 2.75) is 13.5 Å². The smallest absolute Gasteiger partial charge is 0.271 e. The maximum Gasteiger partial charge on any atom is 0.340 e. The Morgan fingerprint density at radius 2 is 2.00 bits per heavy atom. The third-order valence-electron chi connectivity index (χ3n) is 2.90. The highest BCUT2D eigenvalue weighted by Crippen LogP contribution is 2.20. The van der Waals surface area contributed by atoms with Gasteiger partial charge in [-0.05, 0) is 24.6 Å². The first-order valence-electron chi connectivity index (χ1n) is 5.81. The minimum absolute atomic E-state index is 0.216. The molecule has 3 rings (SSSR count). The Kier molecular flexibility index (Phi) is 3.23. The minimum Gasteiger partial charge on any atom is -0.271 e. The Balaban J connectivity index is 2.25. The van der Waals surface area contributed by atoms with Crippen molar-refractivity contribution in [3.63, 3.8) is 0 Å². The van der Waals surface area contributed by atoms with Crippen LogP contribution in [-0.2, 0) is 6.54 Å². The molecule has 20 heavy (non-hydrogen) atoms. The van der Waals surface area contributed by atoms with E-state index in [1.165, 1.54) is 4.57 Å². The SMILES string of the molecule is Cc1nc(Cl)c2c(n1)n(Cc1ccncc1)c(=O)n2S. The standard InChI is InChI=1S/C12H10ClN5OS/c1-7-15-10(13)9-11(16-7)17(12(19)18(9)20)6-8-2-4-14-5-3-8/h2-5,20H,6H2,1H3. The van der Waals surface area contributed by atoms with Crippen molar-refractivity contribution >= 4 is 35.6 Å². The lowest BCUT2D eigenvalue weighted by Crippen LogP contribution is -2.21. The average molecular weight is 308 g/mol. The highest BCUT2D eigenvalue weighted by Gasteiger charge is 2.17. The van der Waals surface area contributed by atoms with Gasteiger partial charge in [0.2, 0.25) is 0 Å². The van der Waals surface area contributed by atoms with E-state index in [-0.39, 0.29) is 10.8 Å². The number of hydrogen-bond acceptors (Lipinski definition) is 5. The lowest BCUT2D eigenvalue weighted by molar-refractivity contribution is 0.769. The van der Waals surface area contributed by atoms with Crippen molar-refractivity contribution in [1.29, 1.82) is 0 Å². The first kappa shape index (κ1) is 13.1. The molecule has 6 nitrogen and oxygen atoms in total. The summed E-state index contributed by atoms with van der Waals surface area (Å²) in [5.41, 5.74) is 1.52. The van der Waals surface area contributed by atoms with Crippen molar-refractivity contribution in [3.05, 3.63) is 51.6 Å². The van der Waals surface area contributed by atoms with Crippen LogP contribution in [0.25, 0.3) is 11.2 Å². The van der Waals surface area contributed by atoms with Crippen molar-refractivity contribution in [3.8, 4) is 0 Å². The van der Waals surface area contributed by atoms with Crippen LogP contribution in [0.5, 0.6) is 0 Å². The third kappa shape index (κ3) is 2.08. The number of hydrogen-bond donors (Lipinski definition) is 1. The summed E-state index contributed by atoms with van der Waals surface area (Å²) in [6, 6.07) is 3.67. The molecule has 3 heterocycles. The van der Waals surface area contributed by atoms with Gasteiger partial charge in [-0.15, -0.1) is 0 Å². The van der Waals surface area contributed by atoms with E-state index in [4.69, 9.17) is 11.6 Å². The highest BCUT2D eigenvalue weighted by molar-refractivity contribution is 7.78. The second-order valence-corrected chi connectivity index (χ2v) is 5.03. The summed E-state index contributed by atoms with van der Waals surface area (Å²) in [6.07, 6.45) is 3.35. The van der Waals surface area contributed by atoms with E-state index >= 15 is 0 Å². The molecule has 0 aliphatic carbocycles. The van der Waals surface area contributed by atoms with E-state index in [0.717, 1.165) is 9.54 Å². The molecule has 0 saturated carbocycles. The van der Waals surface area contributed by atoms with Crippen LogP contribution in [0.15, 0.2) is 29.3 Å². The van der Waals surface area contributed by atoms with E-state index in [1.807, 2.05) is 12.1 Å². The number of aromatic nitrogens is 5. The Morgan fingerprint density at radius 3 is 2.70 bits per heavy atom. The largest absolute Gasteiger partial charge is 0.340 e. The zero-order valence-electron chi connectivity index (χ0n) is 10.5. The van der Waals surface area contributed by atoms with Gasteiger partial charge in [-0.25, -0.2) is 18.7 Å². The minimum atomic E-state index is -0.304. The lowest BCUT2D eigenvalue weighted by atomic mass is 10.3. The molecule has 0 unspecified atom stereocenters. The predicted molar refractivity (Wildman–Crippen MR) is 79.3 cm³/mol. The molecule has 0 N–H and O–H groups in total. The fourth-order valence-electron chi connectivity index (χ4n) is 2.00. The molecular formula is C12H10ClN5OS. The van der Waals surface area contributed by atoms with Crippen LogP contribution < -0.4 is 5.69 Å². The van der Waals surface area contributed by atoms with Gasteiger partial charge in [-0.2, -0.15) is 0 Å². The maximum atomic E-state index is 12.3. The lowest BCUT2D eigenvalue weighted by Gasteiger charge is -2.03. The second-order valence-electron chi connectivity index (χ2n) is 4.27. The van der Waals surface area contributed by atoms with Crippen molar-refractivity contribution < 1.29 is 0 Å². The molecule has 3 aromatic heterocycles. The van der Waals surface area contributed by atoms with Crippen LogP contribution in [0.3, 0.4) is 0 Å². The van der Waals surface area contributed by atoms with E-state index in [2.05, 4.69) is 27.8 Å². The molecule has 8 heteroatoms. The Bertz CT molecular complexity index is 842. The molecule has 3 aromatic rings. The molecule has 0 spiro atoms. The van der Waals surface area contributed by atoms with Crippen LogP contribution in [0.1, 0.15) is 11.4 Å². The number of aryl methyl sites for hydroxylation is 1. The summed E-state index contributed by atoms with van der Waals surface area (Å²) in [7, 11) is 0. The first-order chi connectivity index (χ1) is 9.58. The monoisotopic (exact) mass is 307 g/mol. The molecule has 0 aliphatic rings. The predicted octanol–water partition coefficient (Wildman–Crippen LogP) is 1.69. The van der Waals surface area contributed by atoms with Crippen LogP contribution in [0.4, 0.5) is 0 Å². The van der Waals surface area contributed by atoms with Crippen molar-refractivity contribution in [2.75, 3.05) is 0 Å². The first-order valence-corrected chi connectivity index (χ1v) is 6.59. The van der Waals surface area contributed by atoms with Gasteiger partial charge in [0.05, 0.1) is 6.54 Å². The Morgan fingerprint density at radius 1 is 1.30 bits per heavy atom. The molecule has 0 amide bonds. The van der Waals surface area contributed by atoms with Gasteiger partial charge < -0.3 is 0 Å². The highest BCUT2D eigenvalue weighted by atomic mass is 35.5. The molecule has 0 aliphatic heterocycles. The molecule has 0 bridgehead atoms. The average Bonchev–Trinajstić information content (AvgIpc) is 2.65. The number of thiol groups is 1. The van der Waals surface area contributed by atoms with Gasteiger partial charge in [-0.3, -0.25) is 9.55 Å². The third-order valence-corrected chi connectivity index (χ3v) is 3.54. The number of imidazole rings is 1. The van der Waals surface area contributed by atoms with Crippen molar-refractivity contribution in [2.24, 2.45) is 0 Å². The fraction of sp³-hybridized carbons (Fsp3) is 0.167. The summed E-state index contributed by atoms with van der Waals surface area (Å²) in [4.78, 5) is 24.6. The normalized spacial score (nSPS) is 11.2. The van der Waals surface area contributed by atoms with E-state index in [1.54, 1.807) is 19.3 Å². The van der Waals surface area contributed by atoms with Gasteiger partial charge in [0, 0.05) is 12.4 Å². The number of rotatable bonds is 2. The molecule has 0 radical (unpaired) electrons. The maximum absolute atomic E-state index is 12.3. The van der Waals surface area contributed by atoms with Crippen LogP contribution in [0, 0.1) is 6.92 Å². The number of nitrogens with zero attached hydrogens (tertiary/aromatic N) is 5. The van der Waals surface area contributed by atoms with Gasteiger partial charge in [0.25, 0.3) is 0 Å². The Labute approximate surface area is 124 Å². The zero-order valence-corrected chi connectivity index (χ0v) is 12.1. The quantitative estimate of drug-likeness (QED) is 0.578. The summed E-state index contributed by atoms with van der Waals surface area (Å²) in [6.45, 7) is 2.10. The molecule has 0 fully saturated rings. The molecule has 0 atom stereocenters. The Hall–Kier alpha value is -1.86. The number of pyridine rings is 1. The van der Waals surface area contributed by atoms with Crippen LogP contribution >= 0.6 is 24.4 Å². The summed E-state index contributed by atoms with van der Waals surface area (Å²) in [5, 5.41) is 0.216. The van der Waals surface area contributed by atoms with Gasteiger partial charge in [0.15, 0.2) is 10.8 Å². The number of halogens is 1. The van der Waals surface area contributed by atoms with Gasteiger partial charge in [-0.1, -0.05) is 24.4 Å². The summed E-state index contributed by atoms with van der Waals surface area (Å²) < 4.78 is 2.68. The number of fused-ring (bicyclic) bond motifs is 1. The van der Waals surface area contributed by atoms with Gasteiger partial charge >= 0.3 is 5.69 Å². The topological polar surface area (TPSA) is 65.6 Å². The van der Waals surface area contributed by atoms with E-state index in [0.29, 0.717) is 23.5 Å². The van der Waals surface area contributed by atoms with E-state index < -0.39 is 0 Å². The van der Waals surface area contributed by atoms with E-state index in [9.17, 15) is 4.79 Å². The molecule has 0 saturated heterocycles. The fourth-order valence-corrected chi connectivity index (χ4v) is 2.65. The van der Waals surface area contributed by atoms with Crippen molar-refractivity contribution in [1.82, 2.24) is 23.5 Å². The second kappa shape index (κ2) is 4.92. The molecule has 0 aromatic carbocycles. The molecule has 102 valence electrons. The summed E-state index contributed by atoms with van der Waals surface area (Å²) >= 11 is 10.2. The van der Waals surface area contributed by atoms with Crippen LogP contribution in [-0.4, -0.2) is 23.5 Å². The zero-order chi connectivity index (χ0) is 14.3. The van der Waals surface area contributed by atoms with Gasteiger partial charge in [0.1, 0.15) is 11.3 Å². The molecular weight excluding hydrogens is 298 g/mol. The van der Waals surface area contributed by atoms with Crippen LogP contribution in [0.2, 0.25) is 5.15 Å². The summed E-state index contributed by atoms with van der Waals surface area (Å²) in [5.74, 6) is 0.505.